The lowest BCUT2D eigenvalue weighted by Crippen LogP contribution is -2.00. The smallest absolute Gasteiger partial charge is 0.307 e. The number of aldehydes is 1. The summed E-state index contributed by atoms with van der Waals surface area (Å²) in [5.74, 6) is -1.86. The molecule has 1 fully saturated rings. The first-order chi connectivity index (χ1) is 4.72. The van der Waals surface area contributed by atoms with Gasteiger partial charge in [-0.1, -0.05) is 6.08 Å². The van der Waals surface area contributed by atoms with Crippen LogP contribution in [-0.4, -0.2) is 17.4 Å². The number of carbonyl (C=O) groups excluding carboxylic acids is 1. The van der Waals surface area contributed by atoms with Gasteiger partial charge in [0.2, 0.25) is 0 Å². The Morgan fingerprint density at radius 2 is 2.10 bits per heavy atom. The van der Waals surface area contributed by atoms with Gasteiger partial charge in [0.05, 0.1) is 5.92 Å². The van der Waals surface area contributed by atoms with E-state index in [9.17, 15) is 9.59 Å². The van der Waals surface area contributed by atoms with E-state index in [-0.39, 0.29) is 11.8 Å². The highest BCUT2D eigenvalue weighted by Gasteiger charge is 2.53. The minimum absolute atomic E-state index is 0.130. The normalized spacial score (nSPS) is 36.6. The monoisotopic (exact) mass is 140 g/mol. The van der Waals surface area contributed by atoms with Crippen LogP contribution >= 0.6 is 0 Å². The highest BCUT2D eigenvalue weighted by molar-refractivity contribution is 5.81. The Kier molecular flexibility index (Phi) is 1.57. The average molecular weight is 140 g/mol. The van der Waals surface area contributed by atoms with Gasteiger partial charge < -0.3 is 9.90 Å². The molecular weight excluding hydrogens is 132 g/mol. The van der Waals surface area contributed by atoms with E-state index >= 15 is 0 Å². The zero-order valence-corrected chi connectivity index (χ0v) is 5.36. The maximum Gasteiger partial charge on any atom is 0.307 e. The predicted molar refractivity (Wildman–Crippen MR) is 34.4 cm³/mol. The fourth-order valence-corrected chi connectivity index (χ4v) is 1.17. The van der Waals surface area contributed by atoms with Crippen molar-refractivity contribution in [2.75, 3.05) is 0 Å². The standard InChI is InChI=1S/C7H8O3/c1-2-4-5(3-8)6(4)7(9)10/h2-6H,1H2,(H,9,10). The van der Waals surface area contributed by atoms with E-state index in [2.05, 4.69) is 6.58 Å². The van der Waals surface area contributed by atoms with Gasteiger partial charge in [-0.15, -0.1) is 6.58 Å². The van der Waals surface area contributed by atoms with Gasteiger partial charge in [0.15, 0.2) is 0 Å². The third-order valence-electron chi connectivity index (χ3n) is 1.85. The summed E-state index contributed by atoms with van der Waals surface area (Å²) in [5.41, 5.74) is 0. The number of hydrogen-bond acceptors (Lipinski definition) is 2. The third kappa shape index (κ3) is 0.835. The molecule has 10 heavy (non-hydrogen) atoms. The molecular formula is C7H8O3. The first-order valence-corrected chi connectivity index (χ1v) is 3.03. The molecule has 0 aromatic heterocycles. The van der Waals surface area contributed by atoms with E-state index in [0.717, 1.165) is 0 Å². The molecule has 3 unspecified atom stereocenters. The lowest BCUT2D eigenvalue weighted by Gasteiger charge is -1.81. The van der Waals surface area contributed by atoms with Gasteiger partial charge in [-0.25, -0.2) is 0 Å². The van der Waals surface area contributed by atoms with Gasteiger partial charge >= 0.3 is 5.97 Å². The van der Waals surface area contributed by atoms with Crippen LogP contribution in [0.2, 0.25) is 0 Å². The van der Waals surface area contributed by atoms with Crippen molar-refractivity contribution in [1.29, 1.82) is 0 Å². The van der Waals surface area contributed by atoms with Crippen LogP contribution in [0, 0.1) is 17.8 Å². The minimum Gasteiger partial charge on any atom is -0.481 e. The van der Waals surface area contributed by atoms with Crippen molar-refractivity contribution < 1.29 is 14.7 Å². The molecule has 0 amide bonds. The second-order valence-electron chi connectivity index (χ2n) is 2.39. The number of carboxylic acids is 1. The van der Waals surface area contributed by atoms with Crippen LogP contribution in [0.5, 0.6) is 0 Å². The van der Waals surface area contributed by atoms with Gasteiger partial charge in [-0.2, -0.15) is 0 Å². The molecule has 0 radical (unpaired) electrons. The highest BCUT2D eigenvalue weighted by atomic mass is 16.4. The molecule has 54 valence electrons. The Morgan fingerprint density at radius 3 is 2.20 bits per heavy atom. The zero-order chi connectivity index (χ0) is 7.72. The maximum absolute atomic E-state index is 10.3. The summed E-state index contributed by atoms with van der Waals surface area (Å²) in [6.07, 6.45) is 2.21. The minimum atomic E-state index is -0.901. The van der Waals surface area contributed by atoms with E-state index in [1.54, 1.807) is 0 Å². The van der Waals surface area contributed by atoms with Crippen molar-refractivity contribution in [2.45, 2.75) is 0 Å². The molecule has 1 aliphatic rings. The van der Waals surface area contributed by atoms with E-state index in [1.807, 2.05) is 0 Å². The number of carbonyl (C=O) groups is 2. The number of rotatable bonds is 3. The first kappa shape index (κ1) is 6.99. The van der Waals surface area contributed by atoms with E-state index < -0.39 is 11.9 Å². The molecule has 0 heterocycles. The molecule has 0 bridgehead atoms. The molecule has 1 N–H and O–H groups in total. The van der Waals surface area contributed by atoms with Gasteiger partial charge in [0.25, 0.3) is 0 Å². The van der Waals surface area contributed by atoms with Gasteiger partial charge in [0.1, 0.15) is 6.29 Å². The van der Waals surface area contributed by atoms with Gasteiger partial charge in [-0.3, -0.25) is 4.79 Å². The average Bonchev–Trinajstić information content (AvgIpc) is 2.60. The molecule has 1 saturated carbocycles. The number of carboxylic acid groups (broad SMARTS) is 1. The van der Waals surface area contributed by atoms with Crippen LogP contribution in [0.15, 0.2) is 12.7 Å². The quantitative estimate of drug-likeness (QED) is 0.453. The van der Waals surface area contributed by atoms with Crippen LogP contribution in [0.25, 0.3) is 0 Å². The van der Waals surface area contributed by atoms with Crippen LogP contribution in [0.4, 0.5) is 0 Å². The topological polar surface area (TPSA) is 54.4 Å². The molecule has 0 aromatic carbocycles. The molecule has 0 aliphatic heterocycles. The molecule has 1 rings (SSSR count). The summed E-state index contributed by atoms with van der Waals surface area (Å²) in [7, 11) is 0. The Hall–Kier alpha value is -1.12. The summed E-state index contributed by atoms with van der Waals surface area (Å²) >= 11 is 0. The van der Waals surface area contributed by atoms with Crippen molar-refractivity contribution >= 4 is 12.3 Å². The summed E-state index contributed by atoms with van der Waals surface area (Å²) < 4.78 is 0. The van der Waals surface area contributed by atoms with E-state index in [1.165, 1.54) is 6.08 Å². The van der Waals surface area contributed by atoms with Gasteiger partial charge in [0, 0.05) is 11.8 Å². The summed E-state index contributed by atoms with van der Waals surface area (Å²) in [4.78, 5) is 20.4. The SMILES string of the molecule is C=CC1C(C=O)C1C(=O)O. The fourth-order valence-electron chi connectivity index (χ4n) is 1.17. The third-order valence-corrected chi connectivity index (χ3v) is 1.85. The van der Waals surface area contributed by atoms with Gasteiger partial charge in [-0.05, 0) is 0 Å². The number of allylic oxidation sites excluding steroid dienone is 1. The number of hydrogen-bond donors (Lipinski definition) is 1. The molecule has 3 heteroatoms. The maximum atomic E-state index is 10.3. The van der Waals surface area contributed by atoms with Crippen molar-refractivity contribution in [3.63, 3.8) is 0 Å². The van der Waals surface area contributed by atoms with Crippen molar-refractivity contribution in [3.05, 3.63) is 12.7 Å². The predicted octanol–water partition coefficient (Wildman–Crippen LogP) is 0.318. The highest BCUT2D eigenvalue weighted by Crippen LogP contribution is 2.45. The Balaban J connectivity index is 2.59. The summed E-state index contributed by atoms with van der Waals surface area (Å²) in [6, 6.07) is 0. The lowest BCUT2D eigenvalue weighted by molar-refractivity contribution is -0.139. The zero-order valence-electron chi connectivity index (χ0n) is 5.36. The lowest BCUT2D eigenvalue weighted by atomic mass is 10.3. The number of aliphatic carboxylic acids is 1. The Bertz CT molecular complexity index is 171. The first-order valence-electron chi connectivity index (χ1n) is 3.03. The Morgan fingerprint density at radius 1 is 1.50 bits per heavy atom. The molecule has 1 aliphatic carbocycles. The van der Waals surface area contributed by atoms with Crippen molar-refractivity contribution in [2.24, 2.45) is 17.8 Å². The van der Waals surface area contributed by atoms with E-state index in [4.69, 9.17) is 5.11 Å². The fraction of sp³-hybridized carbons (Fsp3) is 0.429. The molecule has 0 saturated heterocycles. The van der Waals surface area contributed by atoms with Crippen LogP contribution in [-0.2, 0) is 9.59 Å². The molecule has 0 aromatic rings. The van der Waals surface area contributed by atoms with E-state index in [0.29, 0.717) is 6.29 Å². The van der Waals surface area contributed by atoms with Crippen molar-refractivity contribution in [3.8, 4) is 0 Å². The summed E-state index contributed by atoms with van der Waals surface area (Å²) in [5, 5.41) is 8.45. The molecule has 3 atom stereocenters. The van der Waals surface area contributed by atoms with Crippen LogP contribution in [0.1, 0.15) is 0 Å². The second-order valence-corrected chi connectivity index (χ2v) is 2.39. The summed E-state index contributed by atoms with van der Waals surface area (Å²) in [6.45, 7) is 3.43. The van der Waals surface area contributed by atoms with Crippen LogP contribution in [0.3, 0.4) is 0 Å². The largest absolute Gasteiger partial charge is 0.481 e. The second kappa shape index (κ2) is 2.25. The molecule has 0 spiro atoms. The van der Waals surface area contributed by atoms with Crippen LogP contribution < -0.4 is 0 Å². The molecule has 3 nitrogen and oxygen atoms in total. The Labute approximate surface area is 58.4 Å². The van der Waals surface area contributed by atoms with Crippen molar-refractivity contribution in [1.82, 2.24) is 0 Å².